The quantitative estimate of drug-likeness (QED) is 0.735. The van der Waals surface area contributed by atoms with Crippen LogP contribution in [0.3, 0.4) is 0 Å². The van der Waals surface area contributed by atoms with Gasteiger partial charge in [0.2, 0.25) is 0 Å². The summed E-state index contributed by atoms with van der Waals surface area (Å²) in [5, 5.41) is 13.9. The van der Waals surface area contributed by atoms with Crippen LogP contribution >= 0.6 is 22.7 Å². The highest BCUT2D eigenvalue weighted by Gasteiger charge is 2.14. The Labute approximate surface area is 137 Å². The molecule has 22 heavy (non-hydrogen) atoms. The van der Waals surface area contributed by atoms with E-state index < -0.39 is 0 Å². The molecule has 0 amide bonds. The molecule has 0 aliphatic rings. The minimum absolute atomic E-state index is 0.221. The van der Waals surface area contributed by atoms with Crippen molar-refractivity contribution in [2.75, 3.05) is 5.32 Å². The van der Waals surface area contributed by atoms with E-state index in [1.807, 2.05) is 0 Å². The van der Waals surface area contributed by atoms with E-state index >= 15 is 0 Å². The summed E-state index contributed by atoms with van der Waals surface area (Å²) in [6.45, 7) is 4.49. The fourth-order valence-electron chi connectivity index (χ4n) is 2.31. The zero-order valence-electron chi connectivity index (χ0n) is 12.5. The Hall–Kier alpha value is -1.79. The van der Waals surface area contributed by atoms with E-state index in [0.29, 0.717) is 6.42 Å². The van der Waals surface area contributed by atoms with Crippen LogP contribution in [0.4, 0.5) is 5.69 Å². The van der Waals surface area contributed by atoms with Gasteiger partial charge in [0.05, 0.1) is 16.6 Å². The number of rotatable bonds is 6. The summed E-state index contributed by atoms with van der Waals surface area (Å²) in [6, 6.07) is 4.17. The normalized spacial score (nSPS) is 11.0. The van der Waals surface area contributed by atoms with Crippen LogP contribution in [0.5, 0.6) is 0 Å². The molecular weight excluding hydrogens is 314 g/mol. The predicted molar refractivity (Wildman–Crippen MR) is 92.8 cm³/mol. The van der Waals surface area contributed by atoms with Crippen molar-refractivity contribution < 1.29 is 4.79 Å². The van der Waals surface area contributed by atoms with Gasteiger partial charge in [-0.1, -0.05) is 6.07 Å². The number of hydrogen-bond acceptors (Lipinski definition) is 6. The minimum Gasteiger partial charge on any atom is -0.378 e. The number of carbonyl (C=O) groups is 1. The van der Waals surface area contributed by atoms with Crippen molar-refractivity contribution in [1.29, 1.82) is 0 Å². The van der Waals surface area contributed by atoms with Crippen molar-refractivity contribution in [3.8, 4) is 0 Å². The number of nitrogens with one attached hydrogen (secondary N) is 1. The first-order valence-electron chi connectivity index (χ1n) is 7.14. The number of hydrogen-bond donors (Lipinski definition) is 1. The molecule has 0 aromatic carbocycles. The summed E-state index contributed by atoms with van der Waals surface area (Å²) in [7, 11) is 0. The molecule has 3 aromatic heterocycles. The summed E-state index contributed by atoms with van der Waals surface area (Å²) in [6.07, 6.45) is 3.15. The molecule has 0 fully saturated rings. The van der Waals surface area contributed by atoms with Gasteiger partial charge in [0, 0.05) is 22.7 Å². The van der Waals surface area contributed by atoms with Crippen LogP contribution in [0.15, 0.2) is 23.7 Å². The number of nitrogens with zero attached hydrogens (tertiary/aromatic N) is 2. The van der Waals surface area contributed by atoms with Crippen molar-refractivity contribution in [1.82, 2.24) is 10.2 Å². The second-order valence-electron chi connectivity index (χ2n) is 5.22. The number of Topliss-reactive ketones (excluding diaryl/α,β-unsaturated/α-hetero) is 1. The maximum Gasteiger partial charge on any atom is 0.130 e. The molecule has 0 atom stereocenters. The average molecular weight is 331 g/mol. The number of aryl methyl sites for hydroxylation is 2. The fourth-order valence-corrected chi connectivity index (χ4v) is 4.18. The molecule has 0 aliphatic carbocycles. The maximum atomic E-state index is 11.2. The molecule has 3 rings (SSSR count). The topological polar surface area (TPSA) is 54.9 Å². The highest BCUT2D eigenvalue weighted by atomic mass is 32.1. The van der Waals surface area contributed by atoms with Crippen LogP contribution in [0, 0.1) is 6.92 Å². The fraction of sp³-hybridized carbons (Fsp3) is 0.312. The van der Waals surface area contributed by atoms with Gasteiger partial charge >= 0.3 is 0 Å². The Morgan fingerprint density at radius 1 is 1.41 bits per heavy atom. The molecule has 0 unspecified atom stereocenters. The van der Waals surface area contributed by atoms with E-state index in [2.05, 4.69) is 40.0 Å². The first kappa shape index (κ1) is 15.1. The van der Waals surface area contributed by atoms with Gasteiger partial charge in [-0.15, -0.1) is 27.8 Å². The molecule has 3 aromatic rings. The first-order chi connectivity index (χ1) is 10.6. The molecule has 0 radical (unpaired) electrons. The van der Waals surface area contributed by atoms with Gasteiger partial charge in [-0.3, -0.25) is 0 Å². The monoisotopic (exact) mass is 331 g/mol. The highest BCUT2D eigenvalue weighted by molar-refractivity contribution is 7.19. The van der Waals surface area contributed by atoms with Gasteiger partial charge in [-0.25, -0.2) is 0 Å². The first-order valence-corrected chi connectivity index (χ1v) is 8.84. The van der Waals surface area contributed by atoms with Gasteiger partial charge in [-0.05, 0) is 37.3 Å². The Bertz CT molecular complexity index is 793. The molecular formula is C16H17N3OS2. The average Bonchev–Trinajstić information content (AvgIpc) is 3.12. The summed E-state index contributed by atoms with van der Waals surface area (Å²) in [4.78, 5) is 13.7. The summed E-state index contributed by atoms with van der Waals surface area (Å²) >= 11 is 3.45. The van der Waals surface area contributed by atoms with Crippen LogP contribution in [0.2, 0.25) is 0 Å². The number of aromatic nitrogens is 2. The van der Waals surface area contributed by atoms with E-state index in [1.165, 1.54) is 9.75 Å². The molecule has 0 bridgehead atoms. The maximum absolute atomic E-state index is 11.2. The SMILES string of the molecule is CC(=O)CCc1sc2c(NCc3cccs3)cnnc2c1C. The van der Waals surface area contributed by atoms with Gasteiger partial charge in [0.1, 0.15) is 11.3 Å². The van der Waals surface area contributed by atoms with Gasteiger partial charge in [0.25, 0.3) is 0 Å². The minimum atomic E-state index is 0.221. The second kappa shape index (κ2) is 6.54. The van der Waals surface area contributed by atoms with Crippen molar-refractivity contribution in [3.05, 3.63) is 39.0 Å². The van der Waals surface area contributed by atoms with Gasteiger partial charge < -0.3 is 10.1 Å². The largest absolute Gasteiger partial charge is 0.378 e. The predicted octanol–water partition coefficient (Wildman–Crippen LogP) is 4.19. The van der Waals surface area contributed by atoms with Crippen LogP contribution in [-0.2, 0) is 17.8 Å². The van der Waals surface area contributed by atoms with Crippen LogP contribution in [0.25, 0.3) is 10.2 Å². The molecule has 0 saturated heterocycles. The zero-order chi connectivity index (χ0) is 15.5. The molecule has 3 heterocycles. The number of ketones is 1. The molecule has 0 spiro atoms. The van der Waals surface area contributed by atoms with Crippen LogP contribution in [0.1, 0.15) is 28.7 Å². The lowest BCUT2D eigenvalue weighted by Gasteiger charge is -2.04. The molecule has 0 aliphatic heterocycles. The lowest BCUT2D eigenvalue weighted by Crippen LogP contribution is -1.98. The van der Waals surface area contributed by atoms with E-state index in [4.69, 9.17) is 0 Å². The van der Waals surface area contributed by atoms with Crippen molar-refractivity contribution in [2.24, 2.45) is 0 Å². The summed E-state index contributed by atoms with van der Waals surface area (Å²) < 4.78 is 1.13. The Balaban J connectivity index is 1.87. The van der Waals surface area contributed by atoms with E-state index in [-0.39, 0.29) is 5.78 Å². The summed E-state index contributed by atoms with van der Waals surface area (Å²) in [5.74, 6) is 0.221. The highest BCUT2D eigenvalue weighted by Crippen LogP contribution is 2.34. The third kappa shape index (κ3) is 3.18. The zero-order valence-corrected chi connectivity index (χ0v) is 14.2. The Morgan fingerprint density at radius 3 is 3.00 bits per heavy atom. The molecule has 114 valence electrons. The van der Waals surface area contributed by atoms with Crippen molar-refractivity contribution in [2.45, 2.75) is 33.2 Å². The Kier molecular flexibility index (Phi) is 4.49. The number of fused-ring (bicyclic) bond motifs is 1. The smallest absolute Gasteiger partial charge is 0.130 e. The molecule has 4 nitrogen and oxygen atoms in total. The second-order valence-corrected chi connectivity index (χ2v) is 7.36. The molecule has 0 saturated carbocycles. The Morgan fingerprint density at radius 2 is 2.27 bits per heavy atom. The lowest BCUT2D eigenvalue weighted by atomic mass is 10.1. The van der Waals surface area contributed by atoms with Gasteiger partial charge in [0.15, 0.2) is 0 Å². The van der Waals surface area contributed by atoms with Crippen molar-refractivity contribution in [3.63, 3.8) is 0 Å². The van der Waals surface area contributed by atoms with E-state index in [1.54, 1.807) is 35.8 Å². The number of anilines is 1. The lowest BCUT2D eigenvalue weighted by molar-refractivity contribution is -0.116. The van der Waals surface area contributed by atoms with Crippen molar-refractivity contribution >= 4 is 44.4 Å². The number of thiophene rings is 2. The van der Waals surface area contributed by atoms with Crippen LogP contribution in [-0.4, -0.2) is 16.0 Å². The van der Waals surface area contributed by atoms with E-state index in [0.717, 1.165) is 34.4 Å². The number of carbonyl (C=O) groups excluding carboxylic acids is 1. The standard InChI is InChI=1S/C16H17N3OS2/c1-10(20)5-6-14-11(2)15-16(22-14)13(9-18-19-15)17-8-12-4-3-7-21-12/h3-4,7,9H,5-6,8H2,1-2H3,(H,17,19). The van der Waals surface area contributed by atoms with Crippen LogP contribution < -0.4 is 5.32 Å². The third-order valence-corrected chi connectivity index (χ3v) is 5.79. The van der Waals surface area contributed by atoms with E-state index in [9.17, 15) is 4.79 Å². The molecule has 6 heteroatoms. The summed E-state index contributed by atoms with van der Waals surface area (Å²) in [5.41, 5.74) is 3.11. The molecule has 1 N–H and O–H groups in total. The third-order valence-electron chi connectivity index (χ3n) is 3.54. The van der Waals surface area contributed by atoms with Gasteiger partial charge in [-0.2, -0.15) is 5.10 Å².